The Hall–Kier alpha value is -0.530. The van der Waals surface area contributed by atoms with Gasteiger partial charge < -0.3 is 5.32 Å². The van der Waals surface area contributed by atoms with Crippen molar-refractivity contribution < 1.29 is 8.42 Å². The summed E-state index contributed by atoms with van der Waals surface area (Å²) in [7, 11) is -2.91. The van der Waals surface area contributed by atoms with Gasteiger partial charge in [0.2, 0.25) is 0 Å². The number of aromatic nitrogens is 2. The first-order valence-corrected chi connectivity index (χ1v) is 7.04. The number of hydrogen-bond donors (Lipinski definition) is 1. The molecule has 0 amide bonds. The molecule has 0 saturated carbocycles. The van der Waals surface area contributed by atoms with Crippen LogP contribution in [0, 0.1) is 0 Å². The molecule has 1 aromatic heterocycles. The molecule has 1 N–H and O–H groups in total. The molecule has 1 unspecified atom stereocenters. The van der Waals surface area contributed by atoms with E-state index in [1.165, 1.54) is 17.8 Å². The minimum absolute atomic E-state index is 0.0632. The minimum Gasteiger partial charge on any atom is -0.308 e. The number of nitrogens with one attached hydrogen (secondary N) is 1. The molecular weight excluding hydrogens is 222 g/mol. The Bertz CT molecular complexity index is 360. The van der Waals surface area contributed by atoms with Gasteiger partial charge in [0, 0.05) is 24.2 Å². The number of sulfone groups is 1. The third-order valence-corrected chi connectivity index (χ3v) is 3.25. The van der Waals surface area contributed by atoms with Gasteiger partial charge in [-0.3, -0.25) is 0 Å². The van der Waals surface area contributed by atoms with Gasteiger partial charge in [0.1, 0.15) is 9.84 Å². The molecule has 0 saturated heterocycles. The van der Waals surface area contributed by atoms with Crippen LogP contribution >= 0.6 is 11.5 Å². The van der Waals surface area contributed by atoms with Crippen LogP contribution in [0.15, 0.2) is 5.38 Å². The molecule has 0 fully saturated rings. The van der Waals surface area contributed by atoms with Crippen LogP contribution in [0.3, 0.4) is 0 Å². The summed E-state index contributed by atoms with van der Waals surface area (Å²) in [5.74, 6) is 0.143. The average molecular weight is 235 g/mol. The fourth-order valence-electron chi connectivity index (χ4n) is 1.05. The van der Waals surface area contributed by atoms with Crippen molar-refractivity contribution in [3.63, 3.8) is 0 Å². The fraction of sp³-hybridized carbons (Fsp3) is 0.714. The zero-order valence-electron chi connectivity index (χ0n) is 8.10. The van der Waals surface area contributed by atoms with Crippen LogP contribution in [0.25, 0.3) is 0 Å². The van der Waals surface area contributed by atoms with E-state index in [1.807, 2.05) is 12.3 Å². The maximum atomic E-state index is 10.9. The zero-order chi connectivity index (χ0) is 10.6. The topological polar surface area (TPSA) is 72.0 Å². The van der Waals surface area contributed by atoms with Crippen LogP contribution in [0.5, 0.6) is 0 Å². The van der Waals surface area contributed by atoms with Crippen molar-refractivity contribution in [1.82, 2.24) is 14.9 Å². The van der Waals surface area contributed by atoms with E-state index in [9.17, 15) is 8.42 Å². The lowest BCUT2D eigenvalue weighted by molar-refractivity contribution is 0.556. The van der Waals surface area contributed by atoms with E-state index >= 15 is 0 Å². The molecule has 0 aliphatic carbocycles. The van der Waals surface area contributed by atoms with E-state index in [2.05, 4.69) is 14.9 Å². The molecule has 1 aromatic rings. The summed E-state index contributed by atoms with van der Waals surface area (Å²) >= 11 is 1.29. The van der Waals surface area contributed by atoms with E-state index in [4.69, 9.17) is 0 Å². The Morgan fingerprint density at radius 2 is 2.36 bits per heavy atom. The Labute approximate surface area is 87.6 Å². The maximum absolute atomic E-state index is 10.9. The van der Waals surface area contributed by atoms with E-state index in [0.29, 0.717) is 6.54 Å². The molecule has 0 bridgehead atoms. The van der Waals surface area contributed by atoms with E-state index in [1.54, 1.807) is 0 Å². The van der Waals surface area contributed by atoms with Crippen LogP contribution in [0.4, 0.5) is 0 Å². The summed E-state index contributed by atoms with van der Waals surface area (Å²) in [5.41, 5.74) is 0.843. The van der Waals surface area contributed by atoms with Gasteiger partial charge >= 0.3 is 0 Å². The third-order valence-electron chi connectivity index (χ3n) is 1.59. The smallest absolute Gasteiger partial charge is 0.148 e. The Balaban J connectivity index is 2.32. The Morgan fingerprint density at radius 1 is 1.64 bits per heavy atom. The zero-order valence-corrected chi connectivity index (χ0v) is 9.73. The molecule has 0 aromatic carbocycles. The molecule has 0 radical (unpaired) electrons. The van der Waals surface area contributed by atoms with E-state index < -0.39 is 9.84 Å². The van der Waals surface area contributed by atoms with Crippen LogP contribution < -0.4 is 5.32 Å². The van der Waals surface area contributed by atoms with Crippen molar-refractivity contribution >= 4 is 21.4 Å². The first kappa shape index (κ1) is 11.5. The maximum Gasteiger partial charge on any atom is 0.148 e. The molecule has 5 nitrogen and oxygen atoms in total. The highest BCUT2D eigenvalue weighted by Crippen LogP contribution is 1.97. The molecule has 14 heavy (non-hydrogen) atoms. The molecule has 1 heterocycles. The van der Waals surface area contributed by atoms with Crippen molar-refractivity contribution in [1.29, 1.82) is 0 Å². The monoisotopic (exact) mass is 235 g/mol. The summed E-state index contributed by atoms with van der Waals surface area (Å²) in [5, 5.41) is 8.74. The number of hydrogen-bond acceptors (Lipinski definition) is 6. The van der Waals surface area contributed by atoms with Gasteiger partial charge in [-0.1, -0.05) is 4.49 Å². The van der Waals surface area contributed by atoms with Gasteiger partial charge in [-0.05, 0) is 18.5 Å². The van der Waals surface area contributed by atoms with Gasteiger partial charge in [-0.25, -0.2) is 8.42 Å². The summed E-state index contributed by atoms with van der Waals surface area (Å²) in [6.45, 7) is 2.40. The summed E-state index contributed by atoms with van der Waals surface area (Å²) in [4.78, 5) is 0. The minimum atomic E-state index is -2.91. The van der Waals surface area contributed by atoms with Crippen molar-refractivity contribution in [3.05, 3.63) is 11.1 Å². The highest BCUT2D eigenvalue weighted by Gasteiger charge is 2.09. The van der Waals surface area contributed by atoms with Crippen LogP contribution in [0.2, 0.25) is 0 Å². The Kier molecular flexibility index (Phi) is 3.97. The Morgan fingerprint density at radius 3 is 2.86 bits per heavy atom. The first-order chi connectivity index (χ1) is 6.47. The summed E-state index contributed by atoms with van der Waals surface area (Å²) in [6, 6.07) is -0.0632. The van der Waals surface area contributed by atoms with Crippen LogP contribution in [0.1, 0.15) is 12.6 Å². The molecule has 80 valence electrons. The normalized spacial score (nSPS) is 14.1. The highest BCUT2D eigenvalue weighted by atomic mass is 32.2. The van der Waals surface area contributed by atoms with Crippen molar-refractivity contribution in [2.75, 3.05) is 12.0 Å². The molecule has 0 spiro atoms. The highest BCUT2D eigenvalue weighted by molar-refractivity contribution is 7.90. The predicted molar refractivity (Wildman–Crippen MR) is 55.9 cm³/mol. The second kappa shape index (κ2) is 4.81. The van der Waals surface area contributed by atoms with E-state index in [-0.39, 0.29) is 11.8 Å². The second-order valence-electron chi connectivity index (χ2n) is 3.27. The van der Waals surface area contributed by atoms with Crippen molar-refractivity contribution in [2.24, 2.45) is 0 Å². The fourth-order valence-corrected chi connectivity index (χ4v) is 2.53. The van der Waals surface area contributed by atoms with Gasteiger partial charge in [-0.2, -0.15) is 0 Å². The van der Waals surface area contributed by atoms with Gasteiger partial charge in [0.05, 0.1) is 11.4 Å². The lowest BCUT2D eigenvalue weighted by Gasteiger charge is -2.10. The summed E-state index contributed by atoms with van der Waals surface area (Å²) in [6.07, 6.45) is 1.23. The lowest BCUT2D eigenvalue weighted by atomic mass is 10.4. The molecule has 7 heteroatoms. The first-order valence-electron chi connectivity index (χ1n) is 4.14. The van der Waals surface area contributed by atoms with Gasteiger partial charge in [-0.15, -0.1) is 5.10 Å². The molecule has 1 rings (SSSR count). The van der Waals surface area contributed by atoms with Crippen LogP contribution in [-0.2, 0) is 16.4 Å². The van der Waals surface area contributed by atoms with Gasteiger partial charge in [0.15, 0.2) is 0 Å². The van der Waals surface area contributed by atoms with Crippen molar-refractivity contribution in [2.45, 2.75) is 19.5 Å². The molecule has 0 aliphatic rings. The van der Waals surface area contributed by atoms with E-state index in [0.717, 1.165) is 5.69 Å². The SMILES string of the molecule is CC(CS(C)(=O)=O)NCc1csnn1. The standard InChI is InChI=1S/C7H13N3O2S2/c1-6(5-14(2,11)12)8-3-7-4-13-10-9-7/h4,6,8H,3,5H2,1-2H3. The number of rotatable bonds is 5. The quantitative estimate of drug-likeness (QED) is 0.781. The molecule has 0 aliphatic heterocycles. The largest absolute Gasteiger partial charge is 0.308 e. The van der Waals surface area contributed by atoms with Gasteiger partial charge in [0.25, 0.3) is 0 Å². The molecular formula is C7H13N3O2S2. The summed E-state index contributed by atoms with van der Waals surface area (Å²) < 4.78 is 25.6. The third kappa shape index (κ3) is 4.64. The predicted octanol–water partition coefficient (Wildman–Crippen LogP) is 0.0608. The average Bonchev–Trinajstić information content (AvgIpc) is 2.49. The van der Waals surface area contributed by atoms with Crippen molar-refractivity contribution in [3.8, 4) is 0 Å². The lowest BCUT2D eigenvalue weighted by Crippen LogP contribution is -2.32. The number of nitrogens with zero attached hydrogens (tertiary/aromatic N) is 2. The van der Waals surface area contributed by atoms with Crippen LogP contribution in [-0.4, -0.2) is 36.1 Å². The molecule has 1 atom stereocenters. The second-order valence-corrected chi connectivity index (χ2v) is 6.07.